The molecule has 1 aromatic carbocycles. The first-order valence-electron chi connectivity index (χ1n) is 8.70. The van der Waals surface area contributed by atoms with Gasteiger partial charge in [-0.25, -0.2) is 0 Å². The predicted octanol–water partition coefficient (Wildman–Crippen LogP) is 4.11. The van der Waals surface area contributed by atoms with E-state index in [1.807, 2.05) is 30.3 Å². The van der Waals surface area contributed by atoms with E-state index in [2.05, 4.69) is 26.9 Å². The Morgan fingerprint density at radius 3 is 2.62 bits per heavy atom. The number of carbonyl (C=O) groups is 1. The van der Waals surface area contributed by atoms with E-state index in [1.165, 1.54) is 23.1 Å². The molecule has 0 aliphatic heterocycles. The van der Waals surface area contributed by atoms with E-state index in [-0.39, 0.29) is 11.7 Å². The monoisotopic (exact) mass is 387 g/mol. The zero-order valence-corrected chi connectivity index (χ0v) is 16.0. The fraction of sp³-hybridized carbons (Fsp3) is 0.444. The van der Waals surface area contributed by atoms with Crippen molar-refractivity contribution in [2.45, 2.75) is 48.4 Å². The Morgan fingerprint density at radius 2 is 1.92 bits per heavy atom. The van der Waals surface area contributed by atoms with E-state index in [0.717, 1.165) is 48.6 Å². The van der Waals surface area contributed by atoms with Gasteiger partial charge < -0.3 is 10.6 Å². The Balaban J connectivity index is 1.51. The molecule has 0 atom stereocenters. The Hall–Kier alpha value is -2.11. The number of hydrogen-bond donors (Lipinski definition) is 2. The first-order chi connectivity index (χ1) is 12.7. The summed E-state index contributed by atoms with van der Waals surface area (Å²) < 4.78 is 0.727. The van der Waals surface area contributed by atoms with Crippen molar-refractivity contribution < 1.29 is 4.79 Å². The molecule has 0 spiro atoms. The smallest absolute Gasteiger partial charge is 0.231 e. The number of amides is 1. The summed E-state index contributed by atoms with van der Waals surface area (Å²) in [5, 5.41) is 24.6. The van der Waals surface area contributed by atoms with Crippen LogP contribution in [0.4, 0.5) is 10.8 Å². The van der Waals surface area contributed by atoms with Crippen molar-refractivity contribution in [3.63, 3.8) is 0 Å². The standard InChI is InChI=1S/C18H21N5OS2/c19-13-18(10-6-1-2-7-11-18)21-15(24)12-25-17-23-22-16(26-17)20-14-8-4-3-5-9-14/h3-5,8-9H,1-2,6-7,10-12H2,(H,20,22)(H,21,24). The lowest BCUT2D eigenvalue weighted by atomic mass is 9.92. The van der Waals surface area contributed by atoms with E-state index < -0.39 is 5.54 Å². The highest BCUT2D eigenvalue weighted by Gasteiger charge is 2.32. The van der Waals surface area contributed by atoms with E-state index in [1.54, 1.807) is 0 Å². The molecular weight excluding hydrogens is 366 g/mol. The van der Waals surface area contributed by atoms with E-state index in [9.17, 15) is 10.1 Å². The molecule has 0 radical (unpaired) electrons. The summed E-state index contributed by atoms with van der Waals surface area (Å²) in [7, 11) is 0. The van der Waals surface area contributed by atoms with Gasteiger partial charge in [-0.2, -0.15) is 5.26 Å². The van der Waals surface area contributed by atoms with Gasteiger partial charge in [0.2, 0.25) is 11.0 Å². The van der Waals surface area contributed by atoms with Gasteiger partial charge in [-0.3, -0.25) is 4.79 Å². The summed E-state index contributed by atoms with van der Waals surface area (Å²) >= 11 is 2.75. The molecule has 0 unspecified atom stereocenters. The molecule has 0 bridgehead atoms. The summed E-state index contributed by atoms with van der Waals surface area (Å²) in [6.07, 6.45) is 5.73. The second-order valence-electron chi connectivity index (χ2n) is 6.31. The van der Waals surface area contributed by atoms with Crippen LogP contribution >= 0.6 is 23.1 Å². The number of nitriles is 1. The van der Waals surface area contributed by atoms with Gasteiger partial charge in [0.05, 0.1) is 11.8 Å². The first-order valence-corrected chi connectivity index (χ1v) is 10.5. The molecule has 1 fully saturated rings. The predicted molar refractivity (Wildman–Crippen MR) is 105 cm³/mol. The average Bonchev–Trinajstić information content (AvgIpc) is 2.97. The molecule has 26 heavy (non-hydrogen) atoms. The van der Waals surface area contributed by atoms with Crippen LogP contribution in [0.15, 0.2) is 34.7 Å². The fourth-order valence-corrected chi connectivity index (χ4v) is 4.56. The third-order valence-corrected chi connectivity index (χ3v) is 6.28. The zero-order valence-electron chi connectivity index (χ0n) is 14.4. The summed E-state index contributed by atoms with van der Waals surface area (Å²) in [4.78, 5) is 12.3. The van der Waals surface area contributed by atoms with Crippen LogP contribution in [0, 0.1) is 11.3 Å². The molecule has 1 aromatic heterocycles. The molecule has 3 rings (SSSR count). The minimum Gasteiger partial charge on any atom is -0.337 e. The molecule has 6 nitrogen and oxygen atoms in total. The lowest BCUT2D eigenvalue weighted by molar-refractivity contribution is -0.120. The lowest BCUT2D eigenvalue weighted by Gasteiger charge is -2.26. The lowest BCUT2D eigenvalue weighted by Crippen LogP contribution is -2.47. The van der Waals surface area contributed by atoms with Gasteiger partial charge in [0.25, 0.3) is 0 Å². The molecule has 1 aliphatic carbocycles. The molecule has 0 saturated heterocycles. The first kappa shape index (κ1) is 18.7. The minimum atomic E-state index is -0.699. The summed E-state index contributed by atoms with van der Waals surface area (Å²) in [6, 6.07) is 12.1. The highest BCUT2D eigenvalue weighted by molar-refractivity contribution is 8.01. The Morgan fingerprint density at radius 1 is 1.19 bits per heavy atom. The Labute approximate surface area is 161 Å². The largest absolute Gasteiger partial charge is 0.337 e. The van der Waals surface area contributed by atoms with E-state index in [4.69, 9.17) is 0 Å². The molecule has 8 heteroatoms. The Bertz CT molecular complexity index is 763. The number of thioether (sulfide) groups is 1. The molecular formula is C18H21N5OS2. The van der Waals surface area contributed by atoms with Crippen LogP contribution in [0.3, 0.4) is 0 Å². The van der Waals surface area contributed by atoms with Gasteiger partial charge in [-0.15, -0.1) is 10.2 Å². The fourth-order valence-electron chi connectivity index (χ4n) is 2.99. The summed E-state index contributed by atoms with van der Waals surface area (Å²) in [5.74, 6) is 0.120. The molecule has 1 heterocycles. The number of hydrogen-bond acceptors (Lipinski definition) is 7. The molecule has 1 amide bonds. The zero-order chi connectivity index (χ0) is 18.2. The molecule has 1 aliphatic rings. The van der Waals surface area contributed by atoms with Gasteiger partial charge in [-0.1, -0.05) is 67.0 Å². The number of carbonyl (C=O) groups excluding carboxylic acids is 1. The molecule has 2 aromatic rings. The van der Waals surface area contributed by atoms with Crippen LogP contribution < -0.4 is 10.6 Å². The number of anilines is 2. The number of aromatic nitrogens is 2. The van der Waals surface area contributed by atoms with Crippen LogP contribution in [0.25, 0.3) is 0 Å². The van der Waals surface area contributed by atoms with Gasteiger partial charge in [0, 0.05) is 5.69 Å². The van der Waals surface area contributed by atoms with Crippen molar-refractivity contribution >= 4 is 39.8 Å². The van der Waals surface area contributed by atoms with Crippen molar-refractivity contribution in [3.05, 3.63) is 30.3 Å². The van der Waals surface area contributed by atoms with E-state index >= 15 is 0 Å². The van der Waals surface area contributed by atoms with Gasteiger partial charge in [0.1, 0.15) is 5.54 Å². The average molecular weight is 388 g/mol. The van der Waals surface area contributed by atoms with Crippen molar-refractivity contribution in [2.24, 2.45) is 0 Å². The number of nitrogens with zero attached hydrogens (tertiary/aromatic N) is 3. The number of para-hydroxylation sites is 1. The van der Waals surface area contributed by atoms with Crippen LogP contribution in [0.2, 0.25) is 0 Å². The second-order valence-corrected chi connectivity index (χ2v) is 8.51. The van der Waals surface area contributed by atoms with Crippen molar-refractivity contribution in [1.29, 1.82) is 5.26 Å². The normalized spacial score (nSPS) is 16.3. The summed E-state index contributed by atoms with van der Waals surface area (Å²) in [6.45, 7) is 0. The SMILES string of the molecule is N#CC1(NC(=O)CSc2nnc(Nc3ccccc3)s2)CCCCCC1. The number of nitrogens with one attached hydrogen (secondary N) is 2. The van der Waals surface area contributed by atoms with Crippen molar-refractivity contribution in [3.8, 4) is 6.07 Å². The third kappa shape index (κ3) is 5.19. The quantitative estimate of drug-likeness (QED) is 0.573. The Kier molecular flexibility index (Phi) is 6.47. The van der Waals surface area contributed by atoms with Crippen LogP contribution in [0.5, 0.6) is 0 Å². The summed E-state index contributed by atoms with van der Waals surface area (Å²) in [5.41, 5.74) is 0.247. The van der Waals surface area contributed by atoms with Crippen LogP contribution in [-0.4, -0.2) is 27.4 Å². The van der Waals surface area contributed by atoms with Gasteiger partial charge in [0.15, 0.2) is 4.34 Å². The van der Waals surface area contributed by atoms with Crippen molar-refractivity contribution in [2.75, 3.05) is 11.1 Å². The highest BCUT2D eigenvalue weighted by Crippen LogP contribution is 2.29. The minimum absolute atomic E-state index is 0.119. The topological polar surface area (TPSA) is 90.7 Å². The van der Waals surface area contributed by atoms with E-state index in [0.29, 0.717) is 5.13 Å². The number of rotatable bonds is 6. The van der Waals surface area contributed by atoms with Gasteiger partial charge in [-0.05, 0) is 25.0 Å². The maximum atomic E-state index is 12.3. The molecule has 136 valence electrons. The van der Waals surface area contributed by atoms with Crippen LogP contribution in [-0.2, 0) is 4.79 Å². The van der Waals surface area contributed by atoms with Gasteiger partial charge >= 0.3 is 0 Å². The maximum absolute atomic E-state index is 12.3. The maximum Gasteiger partial charge on any atom is 0.231 e. The third-order valence-electron chi connectivity index (χ3n) is 4.31. The highest BCUT2D eigenvalue weighted by atomic mass is 32.2. The number of benzene rings is 1. The second kappa shape index (κ2) is 9.01. The molecule has 2 N–H and O–H groups in total. The van der Waals surface area contributed by atoms with Crippen molar-refractivity contribution in [1.82, 2.24) is 15.5 Å². The molecule has 1 saturated carbocycles. The van der Waals surface area contributed by atoms with Crippen LogP contribution in [0.1, 0.15) is 38.5 Å².